The van der Waals surface area contributed by atoms with Gasteiger partial charge in [-0.05, 0) is 89.0 Å². The molecule has 0 aromatic heterocycles. The zero-order valence-electron chi connectivity index (χ0n) is 37.6. The van der Waals surface area contributed by atoms with Gasteiger partial charge in [-0.1, -0.05) is 194 Å². The zero-order valence-corrected chi connectivity index (χ0v) is 37.6. The summed E-state index contributed by atoms with van der Waals surface area (Å²) in [6, 6.07) is 51.8. The average molecular weight is 989 g/mol. The zero-order chi connectivity index (χ0) is 50.5. The Labute approximate surface area is 406 Å². The van der Waals surface area contributed by atoms with Gasteiger partial charge in [-0.3, -0.25) is 0 Å². The van der Waals surface area contributed by atoms with Crippen LogP contribution in [0.5, 0.6) is 0 Å². The monoisotopic (exact) mass is 988 g/mol. The highest BCUT2D eigenvalue weighted by Crippen LogP contribution is 2.62. The predicted molar refractivity (Wildman–Crippen MR) is 250 cm³/mol. The Balaban J connectivity index is 0.000000156. The molecule has 4 aliphatic carbocycles. The molecule has 72 heavy (non-hydrogen) atoms. The number of halogens is 12. The van der Waals surface area contributed by atoms with Gasteiger partial charge in [0, 0.05) is 23.7 Å². The maximum Gasteiger partial charge on any atom is 0.399 e. The Morgan fingerprint density at radius 3 is 0.361 bits per heavy atom. The lowest BCUT2D eigenvalue weighted by molar-refractivity contribution is -0.143. The van der Waals surface area contributed by atoms with Crippen LogP contribution in [0.15, 0.2) is 194 Å². The summed E-state index contributed by atoms with van der Waals surface area (Å²) in [5, 5.41) is 0. The van der Waals surface area contributed by atoms with Gasteiger partial charge in [0.25, 0.3) is 0 Å². The molecular weight excluding hydrogens is 949 g/mol. The highest BCUT2D eigenvalue weighted by Gasteiger charge is 2.55. The van der Waals surface area contributed by atoms with Crippen molar-refractivity contribution in [2.24, 2.45) is 0 Å². The molecule has 12 heteroatoms. The molecule has 0 fully saturated rings. The molecule has 0 amide bonds. The first kappa shape index (κ1) is 47.3. The summed E-state index contributed by atoms with van der Waals surface area (Å²) in [6.45, 7) is 0. The lowest BCUT2D eigenvalue weighted by atomic mass is 9.61. The molecule has 0 bridgehead atoms. The van der Waals surface area contributed by atoms with E-state index in [1.165, 1.54) is 48.5 Å². The SMILES string of the molecule is FC(F)(F)C1c2ccccc2C(C2c3ccccc3C(C(F)(F)F)c3ccccc32)c2ccccc21.FC(F)(F)C1c2ccccc2C(C2c3ccccc3C(C(F)(F)F)c3ccccc32)c2ccccc21. The van der Waals surface area contributed by atoms with E-state index >= 15 is 0 Å². The van der Waals surface area contributed by atoms with Crippen molar-refractivity contribution in [3.8, 4) is 0 Å². The van der Waals surface area contributed by atoms with Gasteiger partial charge in [0.1, 0.15) is 23.7 Å². The summed E-state index contributed by atoms with van der Waals surface area (Å²) in [7, 11) is 0. The number of hydrogen-bond acceptors (Lipinski definition) is 0. The van der Waals surface area contributed by atoms with Crippen molar-refractivity contribution in [3.63, 3.8) is 0 Å². The summed E-state index contributed by atoms with van der Waals surface area (Å²) < 4.78 is 173. The first-order chi connectivity index (χ1) is 34.4. The number of rotatable bonds is 2. The normalized spacial score (nSPS) is 22.7. The molecular formula is C60H40F12. The second-order valence-corrected chi connectivity index (χ2v) is 18.8. The summed E-state index contributed by atoms with van der Waals surface area (Å²) in [5.41, 5.74) is 5.22. The van der Waals surface area contributed by atoms with Crippen molar-refractivity contribution in [2.75, 3.05) is 0 Å². The van der Waals surface area contributed by atoms with Crippen LogP contribution in [0.3, 0.4) is 0 Å². The second-order valence-electron chi connectivity index (χ2n) is 18.8. The number of alkyl halides is 12. The Hall–Kier alpha value is -7.08. The molecule has 0 saturated heterocycles. The van der Waals surface area contributed by atoms with E-state index in [4.69, 9.17) is 0 Å². The van der Waals surface area contributed by atoms with Gasteiger partial charge < -0.3 is 0 Å². The van der Waals surface area contributed by atoms with Crippen LogP contribution in [0.4, 0.5) is 52.7 Å². The molecule has 0 spiro atoms. The first-order valence-electron chi connectivity index (χ1n) is 23.3. The molecule has 364 valence electrons. The van der Waals surface area contributed by atoms with Crippen molar-refractivity contribution in [2.45, 2.75) is 72.0 Å². The molecule has 4 aliphatic rings. The lowest BCUT2D eigenvalue weighted by Gasteiger charge is -2.43. The van der Waals surface area contributed by atoms with Crippen LogP contribution in [0.2, 0.25) is 0 Å². The topological polar surface area (TPSA) is 0 Å². The van der Waals surface area contributed by atoms with E-state index < -0.39 is 72.0 Å². The fourth-order valence-corrected chi connectivity index (χ4v) is 12.6. The van der Waals surface area contributed by atoms with Gasteiger partial charge >= 0.3 is 24.7 Å². The van der Waals surface area contributed by atoms with E-state index in [1.807, 2.05) is 0 Å². The van der Waals surface area contributed by atoms with Crippen LogP contribution in [-0.4, -0.2) is 24.7 Å². The smallest absolute Gasteiger partial charge is 0.170 e. The van der Waals surface area contributed by atoms with Crippen molar-refractivity contribution in [1.82, 2.24) is 0 Å². The molecule has 0 unspecified atom stereocenters. The second kappa shape index (κ2) is 17.3. The highest BCUT2D eigenvalue weighted by atomic mass is 19.4. The van der Waals surface area contributed by atoms with Crippen molar-refractivity contribution in [3.05, 3.63) is 283 Å². The summed E-state index contributed by atoms with van der Waals surface area (Å²) >= 11 is 0. The van der Waals surface area contributed by atoms with Crippen molar-refractivity contribution >= 4 is 0 Å². The third-order valence-corrected chi connectivity index (χ3v) is 15.1. The molecule has 8 aromatic rings. The Bertz CT molecular complexity index is 2710. The van der Waals surface area contributed by atoms with Gasteiger partial charge in [0.05, 0.1) is 0 Å². The van der Waals surface area contributed by atoms with Gasteiger partial charge in [-0.2, -0.15) is 52.7 Å². The lowest BCUT2D eigenvalue weighted by Crippen LogP contribution is -2.34. The summed E-state index contributed by atoms with van der Waals surface area (Å²) in [5.74, 6) is -9.48. The van der Waals surface area contributed by atoms with E-state index in [1.54, 1.807) is 146 Å². The van der Waals surface area contributed by atoms with Crippen LogP contribution in [0.1, 0.15) is 136 Å². The highest BCUT2D eigenvalue weighted by molar-refractivity contribution is 5.64. The maximum absolute atomic E-state index is 14.4. The van der Waals surface area contributed by atoms with E-state index in [-0.39, 0.29) is 44.5 Å². The third-order valence-electron chi connectivity index (χ3n) is 15.1. The van der Waals surface area contributed by atoms with Crippen molar-refractivity contribution in [1.29, 1.82) is 0 Å². The maximum atomic E-state index is 14.4. The van der Waals surface area contributed by atoms with Crippen LogP contribution < -0.4 is 0 Å². The quantitative estimate of drug-likeness (QED) is 0.151. The molecule has 8 aromatic carbocycles. The standard InChI is InChI=1S/2C30H20F6/c2*31-29(32,33)27-21-13-5-1-9-17(21)25(18-10-2-6-14-22(18)27)26-19-11-3-7-15-23(19)28(30(34,35)36)24-16-8-4-12-20(24)26/h2*1-16,25-28H. The van der Waals surface area contributed by atoms with Crippen molar-refractivity contribution < 1.29 is 52.7 Å². The molecule has 0 N–H and O–H groups in total. The molecule has 0 nitrogen and oxygen atoms in total. The third kappa shape index (κ3) is 7.71. The molecule has 0 aliphatic heterocycles. The van der Waals surface area contributed by atoms with E-state index in [0.717, 1.165) is 0 Å². The Morgan fingerprint density at radius 1 is 0.167 bits per heavy atom. The average Bonchev–Trinajstić information content (AvgIpc) is 3.34. The number of fused-ring (bicyclic) bond motifs is 8. The van der Waals surface area contributed by atoms with Crippen LogP contribution in [-0.2, 0) is 0 Å². The van der Waals surface area contributed by atoms with Gasteiger partial charge in [0.2, 0.25) is 0 Å². The molecule has 0 heterocycles. The van der Waals surface area contributed by atoms with E-state index in [0.29, 0.717) is 44.5 Å². The van der Waals surface area contributed by atoms with Gasteiger partial charge in [-0.25, -0.2) is 0 Å². The largest absolute Gasteiger partial charge is 0.399 e. The molecule has 0 radical (unpaired) electrons. The molecule has 0 atom stereocenters. The predicted octanol–water partition coefficient (Wildman–Crippen LogP) is 17.3. The van der Waals surface area contributed by atoms with Crippen LogP contribution in [0.25, 0.3) is 0 Å². The fourth-order valence-electron chi connectivity index (χ4n) is 12.6. The van der Waals surface area contributed by atoms with E-state index in [2.05, 4.69) is 0 Å². The minimum absolute atomic E-state index is 0.154. The summed E-state index contributed by atoms with van der Waals surface area (Å²) in [4.78, 5) is 0. The van der Waals surface area contributed by atoms with E-state index in [9.17, 15) is 52.7 Å². The Morgan fingerprint density at radius 2 is 0.264 bits per heavy atom. The fraction of sp³-hybridized carbons (Fsp3) is 0.200. The number of hydrogen-bond donors (Lipinski definition) is 0. The Kier molecular flexibility index (Phi) is 11.4. The first-order valence-corrected chi connectivity index (χ1v) is 23.3. The van der Waals surface area contributed by atoms with Crippen LogP contribution >= 0.6 is 0 Å². The molecule has 12 rings (SSSR count). The van der Waals surface area contributed by atoms with Gasteiger partial charge in [0.15, 0.2) is 0 Å². The number of benzene rings is 8. The van der Waals surface area contributed by atoms with Crippen LogP contribution in [0, 0.1) is 0 Å². The minimum Gasteiger partial charge on any atom is -0.170 e. The summed E-state index contributed by atoms with van der Waals surface area (Å²) in [6.07, 6.45) is -18.1. The molecule has 0 saturated carbocycles. The minimum atomic E-state index is -4.51. The van der Waals surface area contributed by atoms with Gasteiger partial charge in [-0.15, -0.1) is 0 Å².